The van der Waals surface area contributed by atoms with E-state index in [1.165, 1.54) is 30.3 Å². The minimum atomic E-state index is -1.02. The molecule has 0 spiro atoms. The molecule has 1 saturated heterocycles. The molecule has 0 aliphatic carbocycles. The molecule has 1 aromatic rings. The largest absolute Gasteiger partial charge is 0.500 e. The fourth-order valence-electron chi connectivity index (χ4n) is 2.85. The maximum absolute atomic E-state index is 14.6. The maximum atomic E-state index is 14.6. The van der Waals surface area contributed by atoms with Gasteiger partial charge in [-0.05, 0) is 57.9 Å². The lowest BCUT2D eigenvalue weighted by Gasteiger charge is -2.32. The van der Waals surface area contributed by atoms with Crippen molar-refractivity contribution in [1.82, 2.24) is 0 Å². The van der Waals surface area contributed by atoms with Gasteiger partial charge in [-0.3, -0.25) is 0 Å². The van der Waals surface area contributed by atoms with Crippen LogP contribution >= 0.6 is 11.8 Å². The molecule has 1 aliphatic heterocycles. The highest BCUT2D eigenvalue weighted by Crippen LogP contribution is 2.37. The molecule has 0 aromatic heterocycles. The summed E-state index contributed by atoms with van der Waals surface area (Å²) in [6.07, 6.45) is 3.39. The smallest absolute Gasteiger partial charge is 0.399 e. The first-order valence-electron chi connectivity index (χ1n) is 9.04. The van der Waals surface area contributed by atoms with Crippen molar-refractivity contribution in [2.24, 2.45) is 5.92 Å². The third-order valence-electron chi connectivity index (χ3n) is 5.20. The molecule has 0 amide bonds. The van der Waals surface area contributed by atoms with Crippen LogP contribution in [0.15, 0.2) is 17.0 Å². The molecule has 6 heteroatoms. The van der Waals surface area contributed by atoms with E-state index in [-0.39, 0.29) is 5.46 Å². The highest BCUT2D eigenvalue weighted by atomic mass is 32.2. The van der Waals surface area contributed by atoms with E-state index in [9.17, 15) is 8.78 Å². The Hall–Kier alpha value is -0.585. The molecule has 1 atom stereocenters. The van der Waals surface area contributed by atoms with Gasteiger partial charge < -0.3 is 9.31 Å². The van der Waals surface area contributed by atoms with Gasteiger partial charge in [-0.1, -0.05) is 26.7 Å². The molecule has 1 aromatic carbocycles. The van der Waals surface area contributed by atoms with Crippen LogP contribution in [0.3, 0.4) is 0 Å². The van der Waals surface area contributed by atoms with Gasteiger partial charge in [0.2, 0.25) is 0 Å². The monoisotopic (exact) mass is 370 g/mol. The Morgan fingerprint density at radius 3 is 2.04 bits per heavy atom. The molecule has 2 nitrogen and oxygen atoms in total. The topological polar surface area (TPSA) is 18.5 Å². The van der Waals surface area contributed by atoms with E-state index < -0.39 is 30.0 Å². The lowest BCUT2D eigenvalue weighted by molar-refractivity contribution is 0.00578. The summed E-state index contributed by atoms with van der Waals surface area (Å²) in [5.41, 5.74) is -1.39. The summed E-state index contributed by atoms with van der Waals surface area (Å²) in [4.78, 5) is 0.610. The zero-order valence-corrected chi connectivity index (χ0v) is 16.9. The summed E-state index contributed by atoms with van der Waals surface area (Å²) in [5.74, 6) is 0.275. The molecule has 1 unspecified atom stereocenters. The van der Waals surface area contributed by atoms with Crippen LogP contribution in [0.25, 0.3) is 0 Å². The number of hydrogen-bond donors (Lipinski definition) is 0. The third-order valence-corrected chi connectivity index (χ3v) is 6.21. The van der Waals surface area contributed by atoms with Crippen LogP contribution < -0.4 is 5.46 Å². The van der Waals surface area contributed by atoms with E-state index in [4.69, 9.17) is 9.31 Å². The van der Waals surface area contributed by atoms with Crippen molar-refractivity contribution in [3.63, 3.8) is 0 Å². The van der Waals surface area contributed by atoms with E-state index in [0.29, 0.717) is 10.8 Å². The van der Waals surface area contributed by atoms with Crippen molar-refractivity contribution in [2.45, 2.75) is 76.9 Å². The second kappa shape index (κ2) is 7.97. The molecule has 1 aliphatic rings. The Labute approximate surface area is 155 Å². The summed E-state index contributed by atoms with van der Waals surface area (Å²) >= 11 is 1.49. The number of rotatable bonds is 7. The van der Waals surface area contributed by atoms with Gasteiger partial charge in [-0.2, -0.15) is 0 Å². The predicted octanol–water partition coefficient (Wildman–Crippen LogP) is 5.18. The molecule has 2 rings (SSSR count). The highest BCUT2D eigenvalue weighted by molar-refractivity contribution is 7.99. The fourth-order valence-corrected chi connectivity index (χ4v) is 3.98. The Morgan fingerprint density at radius 1 is 1.04 bits per heavy atom. The van der Waals surface area contributed by atoms with E-state index in [1.807, 2.05) is 27.7 Å². The summed E-state index contributed by atoms with van der Waals surface area (Å²) < 4.78 is 40.7. The first kappa shape index (κ1) is 20.7. The van der Waals surface area contributed by atoms with Crippen LogP contribution in [0.5, 0.6) is 0 Å². The quantitative estimate of drug-likeness (QED) is 0.487. The zero-order chi connectivity index (χ0) is 18.8. The lowest BCUT2D eigenvalue weighted by atomic mass is 9.78. The van der Waals surface area contributed by atoms with Crippen molar-refractivity contribution in [3.8, 4) is 0 Å². The van der Waals surface area contributed by atoms with Gasteiger partial charge >= 0.3 is 7.12 Å². The van der Waals surface area contributed by atoms with Gasteiger partial charge in [0.05, 0.1) is 16.7 Å². The summed E-state index contributed by atoms with van der Waals surface area (Å²) in [6, 6.07) is 2.78. The average Bonchev–Trinajstić information content (AvgIpc) is 2.66. The van der Waals surface area contributed by atoms with E-state index in [0.717, 1.165) is 18.6 Å². The van der Waals surface area contributed by atoms with E-state index >= 15 is 0 Å². The standard InChI is InChI=1S/C19H29BF2O2S/c1-7-8-13(2)9-10-25-14-11-15(21)17(16(22)12-14)20-23-18(3,4)19(5,6)24-20/h11-13H,7-10H2,1-6H3. The summed E-state index contributed by atoms with van der Waals surface area (Å²) in [5, 5.41) is 0. The van der Waals surface area contributed by atoms with Crippen LogP contribution in [0.2, 0.25) is 0 Å². The van der Waals surface area contributed by atoms with Crippen molar-refractivity contribution >= 4 is 24.3 Å². The number of halogens is 2. The summed E-state index contributed by atoms with van der Waals surface area (Å²) in [7, 11) is -1.02. The van der Waals surface area contributed by atoms with Gasteiger partial charge in [0.1, 0.15) is 11.6 Å². The molecule has 0 N–H and O–H groups in total. The minimum Gasteiger partial charge on any atom is -0.399 e. The average molecular weight is 370 g/mol. The summed E-state index contributed by atoms with van der Waals surface area (Å²) in [6.45, 7) is 11.8. The Kier molecular flexibility index (Phi) is 6.61. The molecule has 1 fully saturated rings. The van der Waals surface area contributed by atoms with E-state index in [1.54, 1.807) is 0 Å². The molecule has 1 heterocycles. The first-order chi connectivity index (χ1) is 11.6. The van der Waals surface area contributed by atoms with Crippen molar-refractivity contribution < 1.29 is 18.1 Å². The second-order valence-corrected chi connectivity index (χ2v) is 9.09. The van der Waals surface area contributed by atoms with Crippen LogP contribution in [-0.4, -0.2) is 24.1 Å². The highest BCUT2D eigenvalue weighted by Gasteiger charge is 2.53. The Balaban J connectivity index is 2.08. The molecule has 25 heavy (non-hydrogen) atoms. The Bertz CT molecular complexity index is 568. The minimum absolute atomic E-state index is 0.137. The second-order valence-electron chi connectivity index (χ2n) is 7.92. The fraction of sp³-hybridized carbons (Fsp3) is 0.684. The van der Waals surface area contributed by atoms with Gasteiger partial charge in [0.25, 0.3) is 0 Å². The van der Waals surface area contributed by atoms with Crippen LogP contribution in [0, 0.1) is 17.6 Å². The number of thioether (sulfide) groups is 1. The molecular formula is C19H29BF2O2S. The van der Waals surface area contributed by atoms with Crippen LogP contribution in [0.1, 0.15) is 60.8 Å². The van der Waals surface area contributed by atoms with Crippen molar-refractivity contribution in [3.05, 3.63) is 23.8 Å². The molecule has 0 saturated carbocycles. The predicted molar refractivity (Wildman–Crippen MR) is 101 cm³/mol. The van der Waals surface area contributed by atoms with Crippen molar-refractivity contribution in [2.75, 3.05) is 5.75 Å². The maximum Gasteiger partial charge on any atom is 0.500 e. The van der Waals surface area contributed by atoms with Gasteiger partial charge in [-0.15, -0.1) is 11.8 Å². The normalized spacial score (nSPS) is 20.1. The third kappa shape index (κ3) is 4.78. The molecular weight excluding hydrogens is 341 g/mol. The van der Waals surface area contributed by atoms with Crippen LogP contribution in [0.4, 0.5) is 8.78 Å². The van der Waals surface area contributed by atoms with Gasteiger partial charge in [-0.25, -0.2) is 8.78 Å². The van der Waals surface area contributed by atoms with Gasteiger partial charge in [0.15, 0.2) is 0 Å². The molecule has 140 valence electrons. The lowest BCUT2D eigenvalue weighted by Crippen LogP contribution is -2.41. The zero-order valence-electron chi connectivity index (χ0n) is 16.1. The number of hydrogen-bond acceptors (Lipinski definition) is 3. The SMILES string of the molecule is CCCC(C)CCSc1cc(F)c(B2OC(C)(C)C(C)(C)O2)c(F)c1. The van der Waals surface area contributed by atoms with Gasteiger partial charge in [0, 0.05) is 4.90 Å². The number of benzene rings is 1. The van der Waals surface area contributed by atoms with E-state index in [2.05, 4.69) is 13.8 Å². The van der Waals surface area contributed by atoms with Crippen molar-refractivity contribution in [1.29, 1.82) is 0 Å². The Morgan fingerprint density at radius 2 is 1.56 bits per heavy atom. The van der Waals surface area contributed by atoms with Crippen LogP contribution in [-0.2, 0) is 9.31 Å². The molecule has 0 bridgehead atoms. The molecule has 0 radical (unpaired) electrons. The first-order valence-corrected chi connectivity index (χ1v) is 10.0.